The Morgan fingerprint density at radius 1 is 1.21 bits per heavy atom. The number of carbonyl (C=O) groups is 2. The molecular formula is C10H6Cl2O2. The van der Waals surface area contributed by atoms with Crippen molar-refractivity contribution in [2.45, 2.75) is 0 Å². The van der Waals surface area contributed by atoms with Crippen LogP contribution in [0.1, 0.15) is 26.3 Å². The van der Waals surface area contributed by atoms with Crippen LogP contribution in [0.4, 0.5) is 0 Å². The Morgan fingerprint density at radius 2 is 1.86 bits per heavy atom. The average Bonchev–Trinajstić information content (AvgIpc) is 2.16. The van der Waals surface area contributed by atoms with E-state index in [0.717, 1.165) is 0 Å². The van der Waals surface area contributed by atoms with Crippen LogP contribution < -0.4 is 0 Å². The second-order valence-electron chi connectivity index (χ2n) is 2.55. The SMILES string of the molecule is C=Cc1cc(C(=O)Cl)ccc1C(=O)Cl. The molecule has 0 heterocycles. The molecule has 4 heteroatoms. The van der Waals surface area contributed by atoms with Gasteiger partial charge in [0.05, 0.1) is 0 Å². The first-order valence-electron chi connectivity index (χ1n) is 3.72. The number of hydrogen-bond donors (Lipinski definition) is 0. The Hall–Kier alpha value is -1.12. The molecule has 14 heavy (non-hydrogen) atoms. The molecule has 0 spiro atoms. The lowest BCUT2D eigenvalue weighted by Crippen LogP contribution is -1.97. The van der Waals surface area contributed by atoms with E-state index in [9.17, 15) is 9.59 Å². The molecule has 0 aliphatic heterocycles. The molecule has 0 N–H and O–H groups in total. The number of rotatable bonds is 3. The van der Waals surface area contributed by atoms with Gasteiger partial charge in [-0.2, -0.15) is 0 Å². The predicted molar refractivity (Wildman–Crippen MR) is 56.9 cm³/mol. The molecule has 0 saturated carbocycles. The van der Waals surface area contributed by atoms with E-state index in [1.807, 2.05) is 0 Å². The zero-order chi connectivity index (χ0) is 10.7. The van der Waals surface area contributed by atoms with Gasteiger partial charge < -0.3 is 0 Å². The van der Waals surface area contributed by atoms with E-state index in [4.69, 9.17) is 23.2 Å². The third kappa shape index (κ3) is 2.22. The minimum absolute atomic E-state index is 0.309. The largest absolute Gasteiger partial charge is 0.276 e. The molecule has 0 bridgehead atoms. The van der Waals surface area contributed by atoms with Crippen molar-refractivity contribution in [3.05, 3.63) is 41.5 Å². The van der Waals surface area contributed by atoms with Crippen LogP contribution in [-0.4, -0.2) is 10.5 Å². The Kier molecular flexibility index (Phi) is 3.44. The van der Waals surface area contributed by atoms with Gasteiger partial charge in [0.15, 0.2) is 0 Å². The van der Waals surface area contributed by atoms with Crippen LogP contribution in [0.5, 0.6) is 0 Å². The fraction of sp³-hybridized carbons (Fsp3) is 0. The molecule has 1 aromatic carbocycles. The average molecular weight is 229 g/mol. The smallest absolute Gasteiger partial charge is 0.252 e. The van der Waals surface area contributed by atoms with Gasteiger partial charge in [0.1, 0.15) is 0 Å². The number of carbonyl (C=O) groups excluding carboxylic acids is 2. The maximum Gasteiger partial charge on any atom is 0.252 e. The summed E-state index contributed by atoms with van der Waals surface area (Å²) < 4.78 is 0. The maximum absolute atomic E-state index is 10.9. The highest BCUT2D eigenvalue weighted by Crippen LogP contribution is 2.16. The number of halogens is 2. The highest BCUT2D eigenvalue weighted by molar-refractivity contribution is 6.68. The fourth-order valence-corrected chi connectivity index (χ4v) is 1.32. The highest BCUT2D eigenvalue weighted by Gasteiger charge is 2.09. The van der Waals surface area contributed by atoms with Crippen LogP contribution >= 0.6 is 23.2 Å². The van der Waals surface area contributed by atoms with E-state index in [2.05, 4.69) is 6.58 Å². The number of hydrogen-bond acceptors (Lipinski definition) is 2. The molecular weight excluding hydrogens is 223 g/mol. The first-order chi connectivity index (χ1) is 6.56. The van der Waals surface area contributed by atoms with Gasteiger partial charge in [-0.1, -0.05) is 12.7 Å². The van der Waals surface area contributed by atoms with Crippen LogP contribution in [0.15, 0.2) is 24.8 Å². The lowest BCUT2D eigenvalue weighted by molar-refractivity contribution is 0.107. The van der Waals surface area contributed by atoms with Crippen molar-refractivity contribution in [1.29, 1.82) is 0 Å². The Morgan fingerprint density at radius 3 is 2.29 bits per heavy atom. The monoisotopic (exact) mass is 228 g/mol. The van der Waals surface area contributed by atoms with Crippen molar-refractivity contribution in [3.8, 4) is 0 Å². The predicted octanol–water partition coefficient (Wildman–Crippen LogP) is 3.09. The lowest BCUT2D eigenvalue weighted by atomic mass is 10.1. The Labute approximate surface area is 91.1 Å². The van der Waals surface area contributed by atoms with Crippen molar-refractivity contribution >= 4 is 39.8 Å². The second kappa shape index (κ2) is 4.40. The van der Waals surface area contributed by atoms with Crippen LogP contribution in [0.2, 0.25) is 0 Å². The summed E-state index contributed by atoms with van der Waals surface area (Å²) >= 11 is 10.6. The molecule has 0 aliphatic carbocycles. The summed E-state index contributed by atoms with van der Waals surface area (Å²) in [7, 11) is 0. The van der Waals surface area contributed by atoms with E-state index in [1.165, 1.54) is 24.3 Å². The van der Waals surface area contributed by atoms with E-state index < -0.39 is 10.5 Å². The zero-order valence-corrected chi connectivity index (χ0v) is 8.60. The van der Waals surface area contributed by atoms with Gasteiger partial charge in [-0.25, -0.2) is 0 Å². The summed E-state index contributed by atoms with van der Waals surface area (Å²) in [5.41, 5.74) is 1.11. The normalized spacial score (nSPS) is 9.57. The van der Waals surface area contributed by atoms with Crippen molar-refractivity contribution in [2.75, 3.05) is 0 Å². The first kappa shape index (κ1) is 11.0. The van der Waals surface area contributed by atoms with Crippen LogP contribution in [0.25, 0.3) is 6.08 Å². The molecule has 0 aromatic heterocycles. The van der Waals surface area contributed by atoms with Gasteiger partial charge in [-0.15, -0.1) is 0 Å². The third-order valence-corrected chi connectivity index (χ3v) is 2.13. The molecule has 0 unspecified atom stereocenters. The Balaban J connectivity index is 3.32. The quantitative estimate of drug-likeness (QED) is 0.746. The van der Waals surface area contributed by atoms with E-state index in [0.29, 0.717) is 16.7 Å². The van der Waals surface area contributed by atoms with Gasteiger partial charge in [0, 0.05) is 11.1 Å². The van der Waals surface area contributed by atoms with Crippen LogP contribution in [-0.2, 0) is 0 Å². The van der Waals surface area contributed by atoms with Crippen LogP contribution in [0, 0.1) is 0 Å². The summed E-state index contributed by atoms with van der Waals surface area (Å²) in [5.74, 6) is 0. The molecule has 0 saturated heterocycles. The lowest BCUT2D eigenvalue weighted by Gasteiger charge is -2.01. The molecule has 0 fully saturated rings. The van der Waals surface area contributed by atoms with E-state index in [1.54, 1.807) is 0 Å². The minimum Gasteiger partial charge on any atom is -0.276 e. The summed E-state index contributed by atoms with van der Waals surface area (Å²) in [4.78, 5) is 21.7. The second-order valence-corrected chi connectivity index (χ2v) is 3.24. The van der Waals surface area contributed by atoms with Crippen LogP contribution in [0.3, 0.4) is 0 Å². The number of benzene rings is 1. The summed E-state index contributed by atoms with van der Waals surface area (Å²) in [6.45, 7) is 3.51. The van der Waals surface area contributed by atoms with Gasteiger partial charge in [-0.3, -0.25) is 9.59 Å². The van der Waals surface area contributed by atoms with Gasteiger partial charge in [0.2, 0.25) is 0 Å². The third-order valence-electron chi connectivity index (χ3n) is 1.71. The fourth-order valence-electron chi connectivity index (χ4n) is 1.03. The summed E-state index contributed by atoms with van der Waals surface area (Å²) in [6, 6.07) is 4.36. The topological polar surface area (TPSA) is 34.1 Å². The molecule has 1 aromatic rings. The molecule has 1 rings (SSSR count). The van der Waals surface area contributed by atoms with Gasteiger partial charge in [-0.05, 0) is 47.0 Å². The van der Waals surface area contributed by atoms with Crippen molar-refractivity contribution < 1.29 is 9.59 Å². The van der Waals surface area contributed by atoms with Gasteiger partial charge >= 0.3 is 0 Å². The summed E-state index contributed by atoms with van der Waals surface area (Å²) in [6.07, 6.45) is 1.44. The minimum atomic E-state index is -0.589. The molecule has 0 radical (unpaired) electrons. The first-order valence-corrected chi connectivity index (χ1v) is 4.48. The molecule has 2 nitrogen and oxygen atoms in total. The standard InChI is InChI=1S/C10H6Cl2O2/c1-2-6-5-7(9(11)13)3-4-8(6)10(12)14/h2-5H,1H2. The van der Waals surface area contributed by atoms with Crippen molar-refractivity contribution in [1.82, 2.24) is 0 Å². The molecule has 0 atom stereocenters. The van der Waals surface area contributed by atoms with E-state index >= 15 is 0 Å². The molecule has 0 amide bonds. The molecule has 0 aliphatic rings. The summed E-state index contributed by atoms with van der Waals surface area (Å²) in [5, 5.41) is -1.17. The Bertz CT molecular complexity index is 411. The van der Waals surface area contributed by atoms with Crippen molar-refractivity contribution in [3.63, 3.8) is 0 Å². The highest BCUT2D eigenvalue weighted by atomic mass is 35.5. The van der Waals surface area contributed by atoms with Gasteiger partial charge in [0.25, 0.3) is 10.5 Å². The zero-order valence-electron chi connectivity index (χ0n) is 7.09. The maximum atomic E-state index is 10.9. The van der Waals surface area contributed by atoms with E-state index in [-0.39, 0.29) is 0 Å². The van der Waals surface area contributed by atoms with Crippen molar-refractivity contribution in [2.24, 2.45) is 0 Å². The molecule has 72 valence electrons.